The number of hydrogen-bond donors (Lipinski definition) is 2. The molecule has 0 aromatic heterocycles. The summed E-state index contributed by atoms with van der Waals surface area (Å²) in [4.78, 5) is 10.6. The molecule has 0 atom stereocenters. The summed E-state index contributed by atoms with van der Waals surface area (Å²) in [5, 5.41) is 8.62. The summed E-state index contributed by atoms with van der Waals surface area (Å²) in [5.41, 5.74) is -1.47. The van der Waals surface area contributed by atoms with Gasteiger partial charge in [0, 0.05) is 11.9 Å². The third kappa shape index (κ3) is 3.54. The monoisotopic (exact) mass is 299 g/mol. The van der Waals surface area contributed by atoms with Gasteiger partial charge < -0.3 is 5.11 Å². The van der Waals surface area contributed by atoms with Crippen LogP contribution in [0.15, 0.2) is 12.1 Å². The molecular formula is C9H8ClF2NO4S. The molecule has 0 saturated heterocycles. The van der Waals surface area contributed by atoms with Gasteiger partial charge in [0.25, 0.3) is 0 Å². The third-order valence-electron chi connectivity index (χ3n) is 1.90. The first kappa shape index (κ1) is 14.7. The summed E-state index contributed by atoms with van der Waals surface area (Å²) in [6.07, 6.45) is 0. The Bertz CT molecular complexity index is 576. The number of benzene rings is 1. The number of anilines is 1. The fraction of sp³-hybridized carbons (Fsp3) is 0.222. The van der Waals surface area contributed by atoms with Crippen LogP contribution in [0.25, 0.3) is 0 Å². The average Bonchev–Trinajstić information content (AvgIpc) is 2.21. The first-order valence-electron chi connectivity index (χ1n) is 4.55. The molecule has 0 bridgehead atoms. The SMILES string of the molecule is O=C(O)c1cc(NS(=O)(=O)CCCl)c(F)cc1F. The van der Waals surface area contributed by atoms with E-state index in [4.69, 9.17) is 16.7 Å². The van der Waals surface area contributed by atoms with E-state index < -0.39 is 44.6 Å². The van der Waals surface area contributed by atoms with Crippen LogP contribution in [0.5, 0.6) is 0 Å². The summed E-state index contributed by atoms with van der Waals surface area (Å²) in [6.45, 7) is 0. The smallest absolute Gasteiger partial charge is 0.338 e. The minimum atomic E-state index is -3.90. The molecule has 0 aliphatic carbocycles. The van der Waals surface area contributed by atoms with Crippen LogP contribution in [0.1, 0.15) is 10.4 Å². The molecule has 0 aliphatic heterocycles. The van der Waals surface area contributed by atoms with Crippen LogP contribution in [0, 0.1) is 11.6 Å². The van der Waals surface area contributed by atoms with E-state index in [-0.39, 0.29) is 5.88 Å². The highest BCUT2D eigenvalue weighted by atomic mass is 35.5. The second-order valence-corrected chi connectivity index (χ2v) is 5.45. The van der Waals surface area contributed by atoms with Crippen LogP contribution in [0.4, 0.5) is 14.5 Å². The first-order chi connectivity index (χ1) is 8.26. The van der Waals surface area contributed by atoms with E-state index in [2.05, 4.69) is 0 Å². The maximum absolute atomic E-state index is 13.3. The van der Waals surface area contributed by atoms with E-state index in [9.17, 15) is 22.0 Å². The molecule has 0 spiro atoms. The Morgan fingerprint density at radius 1 is 1.33 bits per heavy atom. The zero-order valence-electron chi connectivity index (χ0n) is 8.78. The van der Waals surface area contributed by atoms with E-state index in [1.807, 2.05) is 0 Å². The second-order valence-electron chi connectivity index (χ2n) is 3.23. The number of carboxylic acid groups (broad SMARTS) is 1. The van der Waals surface area contributed by atoms with Gasteiger partial charge in [0.1, 0.15) is 11.6 Å². The van der Waals surface area contributed by atoms with Crippen molar-refractivity contribution >= 4 is 33.3 Å². The molecule has 0 fully saturated rings. The van der Waals surface area contributed by atoms with E-state index in [1.54, 1.807) is 4.72 Å². The maximum atomic E-state index is 13.3. The molecule has 0 heterocycles. The minimum absolute atomic E-state index is 0.218. The summed E-state index contributed by atoms with van der Waals surface area (Å²) < 4.78 is 50.7. The predicted octanol–water partition coefficient (Wildman–Crippen LogP) is 1.64. The molecule has 1 rings (SSSR count). The van der Waals surface area contributed by atoms with Crippen molar-refractivity contribution in [2.75, 3.05) is 16.4 Å². The average molecular weight is 300 g/mol. The standard InChI is InChI=1S/C9H8ClF2NO4S/c10-1-2-18(16,17)13-8-3-5(9(14)15)6(11)4-7(8)12/h3-4,13H,1-2H2,(H,14,15). The number of alkyl halides is 1. The Kier molecular flexibility index (Phi) is 4.47. The highest BCUT2D eigenvalue weighted by molar-refractivity contribution is 7.92. The third-order valence-corrected chi connectivity index (χ3v) is 3.58. The van der Waals surface area contributed by atoms with Gasteiger partial charge in [-0.3, -0.25) is 4.72 Å². The van der Waals surface area contributed by atoms with Gasteiger partial charge in [0.2, 0.25) is 10.0 Å². The van der Waals surface area contributed by atoms with Gasteiger partial charge in [-0.2, -0.15) is 0 Å². The van der Waals surface area contributed by atoms with Gasteiger partial charge in [-0.1, -0.05) is 0 Å². The number of nitrogens with one attached hydrogen (secondary N) is 1. The van der Waals surface area contributed by atoms with E-state index in [0.717, 1.165) is 0 Å². The molecule has 18 heavy (non-hydrogen) atoms. The second kappa shape index (κ2) is 5.49. The topological polar surface area (TPSA) is 83.5 Å². The van der Waals surface area contributed by atoms with Crippen molar-refractivity contribution in [3.8, 4) is 0 Å². The molecular weight excluding hydrogens is 292 g/mol. The summed E-state index contributed by atoms with van der Waals surface area (Å²) in [5.74, 6) is -4.83. The molecule has 0 aliphatic rings. The van der Waals surface area contributed by atoms with E-state index >= 15 is 0 Å². The van der Waals surface area contributed by atoms with Crippen molar-refractivity contribution in [3.05, 3.63) is 29.3 Å². The van der Waals surface area contributed by atoms with Gasteiger partial charge in [-0.15, -0.1) is 11.6 Å². The van der Waals surface area contributed by atoms with Crippen molar-refractivity contribution in [2.24, 2.45) is 0 Å². The van der Waals surface area contributed by atoms with Crippen LogP contribution in [-0.2, 0) is 10.0 Å². The number of carboxylic acids is 1. The van der Waals surface area contributed by atoms with E-state index in [0.29, 0.717) is 12.1 Å². The largest absolute Gasteiger partial charge is 0.478 e. The Labute approximate surface area is 106 Å². The number of carbonyl (C=O) groups is 1. The Morgan fingerprint density at radius 3 is 2.44 bits per heavy atom. The molecule has 9 heteroatoms. The Hall–Kier alpha value is -1.41. The molecule has 0 saturated carbocycles. The zero-order valence-corrected chi connectivity index (χ0v) is 10.4. The van der Waals surface area contributed by atoms with Crippen LogP contribution >= 0.6 is 11.6 Å². The molecule has 0 radical (unpaired) electrons. The lowest BCUT2D eigenvalue weighted by Crippen LogP contribution is -2.19. The number of hydrogen-bond acceptors (Lipinski definition) is 3. The highest BCUT2D eigenvalue weighted by Crippen LogP contribution is 2.20. The fourth-order valence-corrected chi connectivity index (χ4v) is 2.52. The molecule has 0 unspecified atom stereocenters. The number of aromatic carboxylic acids is 1. The van der Waals surface area contributed by atoms with Gasteiger partial charge in [0.15, 0.2) is 0 Å². The van der Waals surface area contributed by atoms with Crippen LogP contribution in [-0.4, -0.2) is 31.1 Å². The van der Waals surface area contributed by atoms with Gasteiger partial charge in [-0.05, 0) is 6.07 Å². The van der Waals surface area contributed by atoms with Crippen molar-refractivity contribution in [1.82, 2.24) is 0 Å². The Balaban J connectivity index is 3.18. The van der Waals surface area contributed by atoms with Crippen molar-refractivity contribution in [2.45, 2.75) is 0 Å². The molecule has 100 valence electrons. The van der Waals surface area contributed by atoms with Crippen LogP contribution < -0.4 is 4.72 Å². The minimum Gasteiger partial charge on any atom is -0.478 e. The molecule has 5 nitrogen and oxygen atoms in total. The van der Waals surface area contributed by atoms with Gasteiger partial charge in [0.05, 0.1) is 17.0 Å². The zero-order chi connectivity index (χ0) is 13.9. The van der Waals surface area contributed by atoms with Crippen LogP contribution in [0.2, 0.25) is 0 Å². The fourth-order valence-electron chi connectivity index (χ4n) is 1.11. The van der Waals surface area contributed by atoms with Crippen molar-refractivity contribution in [3.63, 3.8) is 0 Å². The number of rotatable bonds is 5. The van der Waals surface area contributed by atoms with E-state index in [1.165, 1.54) is 0 Å². The lowest BCUT2D eigenvalue weighted by molar-refractivity contribution is 0.0692. The van der Waals surface area contributed by atoms with Crippen molar-refractivity contribution < 1.29 is 27.1 Å². The molecule has 2 N–H and O–H groups in total. The first-order valence-corrected chi connectivity index (χ1v) is 6.74. The summed E-state index contributed by atoms with van der Waals surface area (Å²) in [6, 6.07) is 0.862. The molecule has 1 aromatic rings. The van der Waals surface area contributed by atoms with Crippen LogP contribution in [0.3, 0.4) is 0 Å². The van der Waals surface area contributed by atoms with Gasteiger partial charge >= 0.3 is 5.97 Å². The van der Waals surface area contributed by atoms with Crippen molar-refractivity contribution in [1.29, 1.82) is 0 Å². The quantitative estimate of drug-likeness (QED) is 0.810. The predicted molar refractivity (Wildman–Crippen MR) is 61.4 cm³/mol. The Morgan fingerprint density at radius 2 is 1.94 bits per heavy atom. The molecule has 0 amide bonds. The maximum Gasteiger partial charge on any atom is 0.338 e. The van der Waals surface area contributed by atoms with Gasteiger partial charge in [-0.25, -0.2) is 22.0 Å². The normalized spacial score (nSPS) is 11.3. The number of sulfonamides is 1. The lowest BCUT2D eigenvalue weighted by atomic mass is 10.2. The summed E-state index contributed by atoms with van der Waals surface area (Å²) in [7, 11) is -3.90. The lowest BCUT2D eigenvalue weighted by Gasteiger charge is -2.09. The molecule has 1 aromatic carbocycles. The highest BCUT2D eigenvalue weighted by Gasteiger charge is 2.18. The number of halogens is 3. The summed E-state index contributed by atoms with van der Waals surface area (Å²) >= 11 is 5.23.